The van der Waals surface area contributed by atoms with E-state index in [-0.39, 0.29) is 5.41 Å². The van der Waals surface area contributed by atoms with Crippen LogP contribution in [-0.4, -0.2) is 48.2 Å². The van der Waals surface area contributed by atoms with Crippen molar-refractivity contribution in [1.29, 1.82) is 0 Å². The number of quaternary nitrogens is 1. The highest BCUT2D eigenvalue weighted by Gasteiger charge is 2.25. The molecule has 0 spiro atoms. The van der Waals surface area contributed by atoms with Crippen LogP contribution in [0.15, 0.2) is 30.6 Å². The van der Waals surface area contributed by atoms with Gasteiger partial charge in [-0.1, -0.05) is 20.8 Å². The minimum atomic E-state index is 0.00661. The van der Waals surface area contributed by atoms with Crippen LogP contribution in [0.25, 0.3) is 11.0 Å². The van der Waals surface area contributed by atoms with Gasteiger partial charge in [0, 0.05) is 39.3 Å². The van der Waals surface area contributed by atoms with E-state index in [4.69, 9.17) is 9.72 Å². The van der Waals surface area contributed by atoms with Gasteiger partial charge in [0.15, 0.2) is 0 Å². The summed E-state index contributed by atoms with van der Waals surface area (Å²) >= 11 is 1.66. The Morgan fingerprint density at radius 1 is 1.28 bits per heavy atom. The maximum absolute atomic E-state index is 5.56. The number of imidazole rings is 1. The molecule has 0 atom stereocenters. The normalized spacial score (nSPS) is 16.1. The second-order valence-corrected chi connectivity index (χ2v) is 10.1. The molecule has 2 heterocycles. The fraction of sp³-hybridized carbons (Fsp3) is 0.591. The molecule has 1 fully saturated rings. The van der Waals surface area contributed by atoms with Gasteiger partial charge in [-0.2, -0.15) is 0 Å². The topological polar surface area (TPSA) is 50.1 Å². The molecule has 0 aliphatic carbocycles. The van der Waals surface area contributed by atoms with Gasteiger partial charge in [-0.15, -0.1) is 0 Å². The van der Waals surface area contributed by atoms with Crippen molar-refractivity contribution in [2.24, 2.45) is 5.92 Å². The maximum atomic E-state index is 5.56. The number of hydrogen-bond donors (Lipinski definition) is 1. The largest absolute Gasteiger partial charge is 0.381 e. The van der Waals surface area contributed by atoms with Gasteiger partial charge in [0.05, 0.1) is 42.1 Å². The summed E-state index contributed by atoms with van der Waals surface area (Å²) in [7, 11) is 6.17. The van der Waals surface area contributed by atoms with Crippen molar-refractivity contribution in [1.82, 2.24) is 13.9 Å². The molecule has 0 unspecified atom stereocenters. The SMILES string of the molecule is C[NH2+]/C=C\N(C)SN(C)c1ccc2c(c1)nc(C(C)(C)C)n2CC1CCOCC1. The third kappa shape index (κ3) is 5.47. The van der Waals surface area contributed by atoms with Crippen molar-refractivity contribution >= 4 is 28.9 Å². The first-order chi connectivity index (χ1) is 13.8. The molecule has 0 radical (unpaired) electrons. The smallest absolute Gasteiger partial charge is 0.115 e. The Kier molecular flexibility index (Phi) is 7.14. The summed E-state index contributed by atoms with van der Waals surface area (Å²) in [6.45, 7) is 9.55. The van der Waals surface area contributed by atoms with Crippen LogP contribution in [0.4, 0.5) is 5.69 Å². The van der Waals surface area contributed by atoms with Crippen molar-refractivity contribution in [3.05, 3.63) is 36.4 Å². The Hall–Kier alpha value is -1.70. The molecular formula is C22H36N5OS+. The lowest BCUT2D eigenvalue weighted by Gasteiger charge is -2.26. The molecule has 6 nitrogen and oxygen atoms in total. The predicted molar refractivity (Wildman–Crippen MR) is 123 cm³/mol. The van der Waals surface area contributed by atoms with Crippen LogP contribution in [0, 0.1) is 5.92 Å². The summed E-state index contributed by atoms with van der Waals surface area (Å²) in [5.74, 6) is 1.83. The molecule has 0 bridgehead atoms. The van der Waals surface area contributed by atoms with Gasteiger partial charge in [-0.05, 0) is 37.0 Å². The van der Waals surface area contributed by atoms with Crippen molar-refractivity contribution < 1.29 is 10.1 Å². The van der Waals surface area contributed by atoms with Crippen molar-refractivity contribution in [2.75, 3.05) is 38.7 Å². The molecule has 2 aromatic rings. The van der Waals surface area contributed by atoms with E-state index in [9.17, 15) is 0 Å². The van der Waals surface area contributed by atoms with Crippen molar-refractivity contribution in [3.8, 4) is 0 Å². The zero-order valence-corrected chi connectivity index (χ0v) is 19.5. The number of nitrogens with zero attached hydrogens (tertiary/aromatic N) is 4. The van der Waals surface area contributed by atoms with E-state index in [0.29, 0.717) is 5.92 Å². The van der Waals surface area contributed by atoms with Crippen LogP contribution in [0.5, 0.6) is 0 Å². The summed E-state index contributed by atoms with van der Waals surface area (Å²) in [5, 5.41) is 2.03. The first-order valence-electron chi connectivity index (χ1n) is 10.5. The Balaban J connectivity index is 1.89. The van der Waals surface area contributed by atoms with Gasteiger partial charge in [-0.25, -0.2) is 4.98 Å². The molecule has 2 N–H and O–H groups in total. The Bertz CT molecular complexity index is 836. The van der Waals surface area contributed by atoms with Gasteiger partial charge in [0.2, 0.25) is 0 Å². The molecule has 29 heavy (non-hydrogen) atoms. The number of hydrogen-bond acceptors (Lipinski definition) is 5. The molecule has 7 heteroatoms. The maximum Gasteiger partial charge on any atom is 0.115 e. The van der Waals surface area contributed by atoms with Gasteiger partial charge < -0.3 is 23.2 Å². The molecule has 1 aliphatic heterocycles. The highest BCUT2D eigenvalue weighted by molar-refractivity contribution is 7.98. The molecule has 3 rings (SSSR count). The fourth-order valence-corrected chi connectivity index (χ4v) is 4.45. The molecule has 1 aromatic carbocycles. The lowest BCUT2D eigenvalue weighted by Crippen LogP contribution is -2.72. The molecule has 0 saturated carbocycles. The predicted octanol–water partition coefficient (Wildman–Crippen LogP) is 3.36. The standard InChI is InChI=1S/C22H35N5OS/c1-22(2,3)21-24-19-15-18(26(6)29-25(5)12-11-23-4)7-8-20(19)27(21)16-17-9-13-28-14-10-17/h7-8,11-12,15,17,23H,9-10,13-14,16H2,1-6H3/p+1/b12-11-. The number of aromatic nitrogens is 2. The molecule has 1 aromatic heterocycles. The Morgan fingerprint density at radius 2 is 2.00 bits per heavy atom. The number of ether oxygens (including phenoxy) is 1. The van der Waals surface area contributed by atoms with E-state index in [1.54, 1.807) is 12.1 Å². The van der Waals surface area contributed by atoms with Gasteiger partial charge in [-0.3, -0.25) is 0 Å². The van der Waals surface area contributed by atoms with Crippen LogP contribution in [0.3, 0.4) is 0 Å². The summed E-state index contributed by atoms with van der Waals surface area (Å²) < 4.78 is 12.3. The third-order valence-electron chi connectivity index (χ3n) is 5.29. The van der Waals surface area contributed by atoms with Gasteiger partial charge >= 0.3 is 0 Å². The van der Waals surface area contributed by atoms with E-state index in [2.05, 4.69) is 72.4 Å². The van der Waals surface area contributed by atoms with E-state index in [1.165, 1.54) is 11.3 Å². The van der Waals surface area contributed by atoms with Crippen LogP contribution in [0.2, 0.25) is 0 Å². The van der Waals surface area contributed by atoms with Crippen LogP contribution in [0.1, 0.15) is 39.4 Å². The first-order valence-corrected chi connectivity index (χ1v) is 11.2. The van der Waals surface area contributed by atoms with E-state index in [0.717, 1.165) is 43.8 Å². The third-order valence-corrected chi connectivity index (χ3v) is 6.12. The molecule has 1 saturated heterocycles. The monoisotopic (exact) mass is 418 g/mol. The van der Waals surface area contributed by atoms with Gasteiger partial charge in [0.1, 0.15) is 12.0 Å². The highest BCUT2D eigenvalue weighted by Crippen LogP contribution is 2.32. The fourth-order valence-electron chi connectivity index (χ4n) is 3.73. The second-order valence-electron chi connectivity index (χ2n) is 8.82. The number of rotatable bonds is 7. The van der Waals surface area contributed by atoms with Gasteiger partial charge in [0.25, 0.3) is 0 Å². The highest BCUT2D eigenvalue weighted by atomic mass is 32.2. The lowest BCUT2D eigenvalue weighted by atomic mass is 9.94. The number of anilines is 1. The summed E-state index contributed by atoms with van der Waals surface area (Å²) in [5.41, 5.74) is 3.47. The number of nitrogens with two attached hydrogens (primary N) is 1. The molecular weight excluding hydrogens is 382 g/mol. The summed E-state index contributed by atoms with van der Waals surface area (Å²) in [4.78, 5) is 5.08. The van der Waals surface area contributed by atoms with Crippen molar-refractivity contribution in [2.45, 2.75) is 45.6 Å². The average Bonchev–Trinajstić information content (AvgIpc) is 3.05. The zero-order chi connectivity index (χ0) is 21.0. The van der Waals surface area contributed by atoms with Crippen LogP contribution >= 0.6 is 12.1 Å². The number of fused-ring (bicyclic) bond motifs is 1. The molecule has 0 amide bonds. The Morgan fingerprint density at radius 3 is 2.66 bits per heavy atom. The first kappa shape index (κ1) is 22.0. The van der Waals surface area contributed by atoms with Crippen molar-refractivity contribution in [3.63, 3.8) is 0 Å². The van der Waals surface area contributed by atoms with E-state index >= 15 is 0 Å². The summed E-state index contributed by atoms with van der Waals surface area (Å²) in [6.07, 6.45) is 6.36. The molecule has 1 aliphatic rings. The summed E-state index contributed by atoms with van der Waals surface area (Å²) in [6, 6.07) is 6.65. The minimum absolute atomic E-state index is 0.00661. The molecule has 160 valence electrons. The van der Waals surface area contributed by atoms with Crippen LogP contribution < -0.4 is 9.62 Å². The number of benzene rings is 1. The quantitative estimate of drug-likeness (QED) is 0.699. The van der Waals surface area contributed by atoms with E-state index < -0.39 is 0 Å². The average molecular weight is 419 g/mol. The lowest BCUT2D eigenvalue weighted by molar-refractivity contribution is -0.556. The van der Waals surface area contributed by atoms with Crippen LogP contribution in [-0.2, 0) is 16.7 Å². The van der Waals surface area contributed by atoms with E-state index in [1.807, 2.05) is 18.6 Å². The second kappa shape index (κ2) is 9.41. The zero-order valence-electron chi connectivity index (χ0n) is 18.7. The Labute approximate surface area is 179 Å². The minimum Gasteiger partial charge on any atom is -0.381 e.